The van der Waals surface area contributed by atoms with E-state index in [4.69, 9.17) is 18.9 Å². The third-order valence-corrected chi connectivity index (χ3v) is 9.07. The third kappa shape index (κ3) is 4.59. The van der Waals surface area contributed by atoms with Gasteiger partial charge < -0.3 is 18.9 Å². The van der Waals surface area contributed by atoms with E-state index in [1.165, 1.54) is 43.2 Å². The van der Waals surface area contributed by atoms with Crippen LogP contribution in [0.5, 0.6) is 11.5 Å². The van der Waals surface area contributed by atoms with Crippen LogP contribution in [-0.4, -0.2) is 38.6 Å². The maximum atomic E-state index is 5.94. The van der Waals surface area contributed by atoms with Gasteiger partial charge in [-0.05, 0) is 78.3 Å². The first-order valence-electron chi connectivity index (χ1n) is 13.3. The van der Waals surface area contributed by atoms with Crippen molar-refractivity contribution >= 4 is 0 Å². The van der Waals surface area contributed by atoms with Crippen LogP contribution in [0.1, 0.15) is 57.1 Å². The minimum Gasteiger partial charge on any atom is -0.491 e. The molecule has 4 nitrogen and oxygen atoms in total. The number of epoxide rings is 2. The van der Waals surface area contributed by atoms with Crippen molar-refractivity contribution in [1.29, 1.82) is 0 Å². The number of ether oxygens (including phenoxy) is 4. The lowest BCUT2D eigenvalue weighted by molar-refractivity contribution is 0.0395. The van der Waals surface area contributed by atoms with Gasteiger partial charge in [-0.1, -0.05) is 51.0 Å². The Morgan fingerprint density at radius 2 is 1.18 bits per heavy atom. The number of rotatable bonds is 8. The second-order valence-corrected chi connectivity index (χ2v) is 11.3. The highest BCUT2D eigenvalue weighted by molar-refractivity contribution is 5.44. The average Bonchev–Trinajstić information content (AvgIpc) is 3.80. The lowest BCUT2D eigenvalue weighted by Gasteiger charge is -2.52. The number of benzene rings is 2. The van der Waals surface area contributed by atoms with Crippen LogP contribution in [0.25, 0.3) is 0 Å². The second kappa shape index (κ2) is 9.20. The van der Waals surface area contributed by atoms with Gasteiger partial charge in [-0.2, -0.15) is 0 Å². The molecule has 0 radical (unpaired) electrons. The second-order valence-electron chi connectivity index (χ2n) is 11.3. The Labute approximate surface area is 203 Å². The minimum absolute atomic E-state index is 0.0444. The maximum Gasteiger partial charge on any atom is 0.119 e. The Kier molecular flexibility index (Phi) is 6.07. The summed E-state index contributed by atoms with van der Waals surface area (Å²) in [5.74, 6) is 5.16. The highest BCUT2D eigenvalue weighted by Crippen LogP contribution is 2.55. The van der Waals surface area contributed by atoms with Crippen LogP contribution in [0.3, 0.4) is 0 Å². The summed E-state index contributed by atoms with van der Waals surface area (Å²) < 4.78 is 22.5. The van der Waals surface area contributed by atoms with E-state index in [1.54, 1.807) is 0 Å². The van der Waals surface area contributed by atoms with Crippen molar-refractivity contribution in [1.82, 2.24) is 0 Å². The van der Waals surface area contributed by atoms with E-state index in [1.807, 2.05) is 0 Å². The molecule has 6 unspecified atom stereocenters. The molecule has 0 spiro atoms. The largest absolute Gasteiger partial charge is 0.491 e. The van der Waals surface area contributed by atoms with E-state index in [0.29, 0.717) is 13.2 Å². The molecule has 0 aromatic heterocycles. The summed E-state index contributed by atoms with van der Waals surface area (Å²) in [6.07, 6.45) is 7.07. The molecule has 2 aromatic rings. The fraction of sp³-hybridized carbons (Fsp3) is 0.600. The molecule has 6 rings (SSSR count). The standard InChI is InChI=1S/C30H38O4/c1-20-3-4-21(2)29-15-30(14-13-28(20)29,22-5-9-24(10-6-22)31-16-26-18-33-26)23-7-11-25(12-8-23)32-17-27-19-34-27/h5-12,20-21,26-29H,3-4,13-19H2,1-2H3. The Balaban J connectivity index is 1.29. The summed E-state index contributed by atoms with van der Waals surface area (Å²) in [5, 5.41) is 0. The zero-order valence-electron chi connectivity index (χ0n) is 20.6. The van der Waals surface area contributed by atoms with E-state index in [2.05, 4.69) is 62.4 Å². The molecule has 4 heteroatoms. The summed E-state index contributed by atoms with van der Waals surface area (Å²) in [6, 6.07) is 17.9. The third-order valence-electron chi connectivity index (χ3n) is 9.07. The van der Waals surface area contributed by atoms with Crippen LogP contribution in [0.4, 0.5) is 0 Å². The minimum atomic E-state index is 0.0444. The molecule has 182 valence electrons. The molecule has 0 N–H and O–H groups in total. The van der Waals surface area contributed by atoms with Crippen LogP contribution in [0, 0.1) is 23.7 Å². The number of hydrogen-bond acceptors (Lipinski definition) is 4. The molecular formula is C30H38O4. The van der Waals surface area contributed by atoms with Gasteiger partial charge in [-0.25, -0.2) is 0 Å². The van der Waals surface area contributed by atoms with Crippen molar-refractivity contribution < 1.29 is 18.9 Å². The SMILES string of the molecule is CC1CCC(C)C2CC(c3ccc(OCC4CO4)cc3)(c3ccc(OCC4CO4)cc3)CCC12. The highest BCUT2D eigenvalue weighted by atomic mass is 16.6. The van der Waals surface area contributed by atoms with Crippen LogP contribution in [-0.2, 0) is 14.9 Å². The highest BCUT2D eigenvalue weighted by Gasteiger charge is 2.47. The van der Waals surface area contributed by atoms with Crippen molar-refractivity contribution in [3.05, 3.63) is 59.7 Å². The summed E-state index contributed by atoms with van der Waals surface area (Å²) in [4.78, 5) is 0. The molecule has 2 saturated heterocycles. The monoisotopic (exact) mass is 462 g/mol. The molecular weight excluding hydrogens is 424 g/mol. The molecule has 4 fully saturated rings. The smallest absolute Gasteiger partial charge is 0.119 e. The first kappa shape index (κ1) is 22.4. The molecule has 0 bridgehead atoms. The van der Waals surface area contributed by atoms with Crippen molar-refractivity contribution in [2.45, 2.75) is 63.6 Å². The molecule has 2 aliphatic heterocycles. The van der Waals surface area contributed by atoms with Gasteiger partial charge in [0.15, 0.2) is 0 Å². The maximum absolute atomic E-state index is 5.94. The summed E-state index contributed by atoms with van der Waals surface area (Å²) >= 11 is 0. The zero-order valence-corrected chi connectivity index (χ0v) is 20.6. The molecule has 2 heterocycles. The van der Waals surface area contributed by atoms with Gasteiger partial charge in [-0.3, -0.25) is 0 Å². The Hall–Kier alpha value is -2.04. The van der Waals surface area contributed by atoms with Gasteiger partial charge in [0.05, 0.1) is 13.2 Å². The molecule has 0 amide bonds. The summed E-state index contributed by atoms with van der Waals surface area (Å²) in [7, 11) is 0. The summed E-state index contributed by atoms with van der Waals surface area (Å²) in [6.45, 7) is 7.94. The van der Waals surface area contributed by atoms with Crippen LogP contribution in [0.2, 0.25) is 0 Å². The molecule has 4 aliphatic rings. The van der Waals surface area contributed by atoms with E-state index in [0.717, 1.165) is 48.4 Å². The van der Waals surface area contributed by atoms with E-state index in [-0.39, 0.29) is 17.6 Å². The molecule has 6 atom stereocenters. The van der Waals surface area contributed by atoms with Gasteiger partial charge in [0.25, 0.3) is 0 Å². The first-order chi connectivity index (χ1) is 16.6. The molecule has 2 aliphatic carbocycles. The fourth-order valence-corrected chi connectivity index (χ4v) is 6.70. The predicted molar refractivity (Wildman–Crippen MR) is 133 cm³/mol. The van der Waals surface area contributed by atoms with E-state index >= 15 is 0 Å². The summed E-state index contributed by atoms with van der Waals surface area (Å²) in [5.41, 5.74) is 2.89. The van der Waals surface area contributed by atoms with Gasteiger partial charge in [0, 0.05) is 5.41 Å². The van der Waals surface area contributed by atoms with Gasteiger partial charge in [0.1, 0.15) is 36.9 Å². The first-order valence-corrected chi connectivity index (χ1v) is 13.3. The zero-order chi connectivity index (χ0) is 23.1. The van der Waals surface area contributed by atoms with Crippen molar-refractivity contribution in [2.75, 3.05) is 26.4 Å². The van der Waals surface area contributed by atoms with Gasteiger partial charge in [0.2, 0.25) is 0 Å². The Morgan fingerprint density at radius 3 is 1.65 bits per heavy atom. The lowest BCUT2D eigenvalue weighted by atomic mass is 9.53. The number of fused-ring (bicyclic) bond motifs is 1. The quantitative estimate of drug-likeness (QED) is 0.451. The molecule has 34 heavy (non-hydrogen) atoms. The van der Waals surface area contributed by atoms with Gasteiger partial charge in [-0.15, -0.1) is 0 Å². The van der Waals surface area contributed by atoms with Crippen LogP contribution in [0.15, 0.2) is 48.5 Å². The van der Waals surface area contributed by atoms with Crippen LogP contribution < -0.4 is 9.47 Å². The normalized spacial score (nSPS) is 36.4. The van der Waals surface area contributed by atoms with Gasteiger partial charge >= 0.3 is 0 Å². The van der Waals surface area contributed by atoms with Crippen molar-refractivity contribution in [2.24, 2.45) is 23.7 Å². The van der Waals surface area contributed by atoms with Crippen molar-refractivity contribution in [3.63, 3.8) is 0 Å². The predicted octanol–water partition coefficient (Wildman–Crippen LogP) is 6.01. The lowest BCUT2D eigenvalue weighted by Crippen LogP contribution is -2.44. The number of hydrogen-bond donors (Lipinski definition) is 0. The van der Waals surface area contributed by atoms with E-state index < -0.39 is 0 Å². The average molecular weight is 463 g/mol. The van der Waals surface area contributed by atoms with Crippen molar-refractivity contribution in [3.8, 4) is 11.5 Å². The van der Waals surface area contributed by atoms with Crippen LogP contribution >= 0.6 is 0 Å². The van der Waals surface area contributed by atoms with E-state index in [9.17, 15) is 0 Å². The fourth-order valence-electron chi connectivity index (χ4n) is 6.70. The molecule has 2 aromatic carbocycles. The Bertz CT molecular complexity index is 901. The molecule has 2 saturated carbocycles. The Morgan fingerprint density at radius 1 is 0.706 bits per heavy atom. The topological polar surface area (TPSA) is 43.5 Å².